The molecule has 0 aliphatic rings. The van der Waals surface area contributed by atoms with E-state index in [0.717, 1.165) is 0 Å². The van der Waals surface area contributed by atoms with Gasteiger partial charge in [0.2, 0.25) is 0 Å². The quantitative estimate of drug-likeness (QED) is 0.895. The molecule has 2 aromatic rings. The number of carboxylic acids is 1. The Morgan fingerprint density at radius 2 is 2.24 bits per heavy atom. The summed E-state index contributed by atoms with van der Waals surface area (Å²) in [5.41, 5.74) is 0.119. The second-order valence-corrected chi connectivity index (χ2v) is 3.80. The molecule has 1 N–H and O–H groups in total. The number of aromatic nitrogens is 1. The van der Waals surface area contributed by atoms with E-state index in [-0.39, 0.29) is 27.6 Å². The maximum Gasteiger partial charge on any atom is 0.358 e. The summed E-state index contributed by atoms with van der Waals surface area (Å²) in [5, 5.41) is 12.1. The fraction of sp³-hybridized carbons (Fsp3) is 0.0909. The van der Waals surface area contributed by atoms with Crippen molar-refractivity contribution in [2.24, 2.45) is 0 Å². The van der Waals surface area contributed by atoms with Crippen LogP contribution in [0.25, 0.3) is 11.3 Å². The number of aromatic carboxylic acids is 1. The van der Waals surface area contributed by atoms with Crippen LogP contribution in [-0.2, 0) is 0 Å². The van der Waals surface area contributed by atoms with Crippen LogP contribution in [0.2, 0.25) is 5.02 Å². The molecule has 1 aromatic heterocycles. The largest absolute Gasteiger partial charge is 0.476 e. The topological polar surface area (TPSA) is 63.3 Å². The molecule has 0 radical (unpaired) electrons. The van der Waals surface area contributed by atoms with Crippen molar-refractivity contribution in [1.82, 2.24) is 5.16 Å². The molecule has 0 spiro atoms. The lowest BCUT2D eigenvalue weighted by atomic mass is 10.1. The Labute approximate surface area is 101 Å². The van der Waals surface area contributed by atoms with E-state index in [1.54, 1.807) is 6.07 Å². The highest BCUT2D eigenvalue weighted by atomic mass is 35.5. The monoisotopic (exact) mass is 255 g/mol. The first kappa shape index (κ1) is 11.6. The third-order valence-corrected chi connectivity index (χ3v) is 2.61. The Kier molecular flexibility index (Phi) is 2.85. The lowest BCUT2D eigenvalue weighted by molar-refractivity contribution is 0.0685. The number of hydrogen-bond donors (Lipinski definition) is 1. The molecule has 1 heterocycles. The first-order valence-electron chi connectivity index (χ1n) is 4.66. The maximum absolute atomic E-state index is 13.7. The minimum atomic E-state index is -1.22. The van der Waals surface area contributed by atoms with Gasteiger partial charge in [0.15, 0.2) is 17.3 Å². The van der Waals surface area contributed by atoms with Gasteiger partial charge in [-0.05, 0) is 19.1 Å². The minimum absolute atomic E-state index is 0.0600. The number of carbonyl (C=O) groups is 1. The Hall–Kier alpha value is -1.88. The molecule has 0 saturated carbocycles. The summed E-state index contributed by atoms with van der Waals surface area (Å²) >= 11 is 5.63. The van der Waals surface area contributed by atoms with Gasteiger partial charge in [0.25, 0.3) is 0 Å². The van der Waals surface area contributed by atoms with Gasteiger partial charge in [-0.2, -0.15) is 0 Å². The van der Waals surface area contributed by atoms with E-state index in [1.165, 1.54) is 19.1 Å². The lowest BCUT2D eigenvalue weighted by Gasteiger charge is -2.01. The zero-order valence-corrected chi connectivity index (χ0v) is 9.45. The number of hydrogen-bond acceptors (Lipinski definition) is 3. The Morgan fingerprint density at radius 3 is 2.82 bits per heavy atom. The van der Waals surface area contributed by atoms with E-state index in [9.17, 15) is 9.18 Å². The van der Waals surface area contributed by atoms with E-state index >= 15 is 0 Å². The fourth-order valence-corrected chi connectivity index (χ4v) is 1.64. The molecular formula is C11H7ClFNO3. The molecule has 6 heteroatoms. The van der Waals surface area contributed by atoms with Crippen LogP contribution in [0.4, 0.5) is 4.39 Å². The predicted octanol–water partition coefficient (Wildman–Crippen LogP) is 3.14. The summed E-state index contributed by atoms with van der Waals surface area (Å²) in [6, 6.07) is 4.38. The summed E-state index contributed by atoms with van der Waals surface area (Å²) in [7, 11) is 0. The number of benzene rings is 1. The van der Waals surface area contributed by atoms with Gasteiger partial charge in [0, 0.05) is 5.56 Å². The molecule has 2 rings (SSSR count). The highest BCUT2D eigenvalue weighted by molar-refractivity contribution is 6.31. The van der Waals surface area contributed by atoms with Gasteiger partial charge in [-0.3, -0.25) is 0 Å². The first-order valence-corrected chi connectivity index (χ1v) is 5.04. The van der Waals surface area contributed by atoms with Crippen LogP contribution in [0, 0.1) is 12.7 Å². The average molecular weight is 256 g/mol. The summed E-state index contributed by atoms with van der Waals surface area (Å²) in [4.78, 5) is 10.8. The predicted molar refractivity (Wildman–Crippen MR) is 58.6 cm³/mol. The van der Waals surface area contributed by atoms with E-state index in [4.69, 9.17) is 21.2 Å². The van der Waals surface area contributed by atoms with Gasteiger partial charge in [-0.15, -0.1) is 0 Å². The third-order valence-electron chi connectivity index (χ3n) is 2.32. The van der Waals surface area contributed by atoms with Crippen LogP contribution in [0.5, 0.6) is 0 Å². The van der Waals surface area contributed by atoms with Gasteiger partial charge in [-0.1, -0.05) is 22.8 Å². The Bertz CT molecular complexity index is 594. The number of nitrogens with zero attached hydrogens (tertiary/aromatic N) is 1. The summed E-state index contributed by atoms with van der Waals surface area (Å²) in [6.07, 6.45) is 0. The first-order chi connectivity index (χ1) is 8.02. The smallest absolute Gasteiger partial charge is 0.358 e. The molecule has 0 saturated heterocycles. The molecule has 88 valence electrons. The SMILES string of the molecule is Cc1c(C(=O)O)noc1-c1cccc(Cl)c1F. The number of rotatable bonds is 2. The molecule has 0 amide bonds. The van der Waals surface area contributed by atoms with Gasteiger partial charge in [0.05, 0.1) is 10.6 Å². The van der Waals surface area contributed by atoms with Crippen LogP contribution in [0.15, 0.2) is 22.7 Å². The van der Waals surface area contributed by atoms with Crippen molar-refractivity contribution in [3.8, 4) is 11.3 Å². The van der Waals surface area contributed by atoms with Crippen molar-refractivity contribution in [2.45, 2.75) is 6.92 Å². The van der Waals surface area contributed by atoms with E-state index in [2.05, 4.69) is 5.16 Å². The van der Waals surface area contributed by atoms with Gasteiger partial charge in [-0.25, -0.2) is 9.18 Å². The van der Waals surface area contributed by atoms with Crippen LogP contribution >= 0.6 is 11.6 Å². The Balaban J connectivity index is 2.62. The standard InChI is InChI=1S/C11H7ClFNO3/c1-5-9(11(15)16)14-17-10(5)6-3-2-4-7(12)8(6)13/h2-4H,1H3,(H,15,16). The minimum Gasteiger partial charge on any atom is -0.476 e. The molecule has 17 heavy (non-hydrogen) atoms. The molecule has 0 bridgehead atoms. The van der Waals surface area contributed by atoms with Crippen molar-refractivity contribution in [1.29, 1.82) is 0 Å². The van der Waals surface area contributed by atoms with Crippen molar-refractivity contribution >= 4 is 17.6 Å². The van der Waals surface area contributed by atoms with Crippen LogP contribution in [-0.4, -0.2) is 16.2 Å². The maximum atomic E-state index is 13.7. The van der Waals surface area contributed by atoms with Crippen LogP contribution in [0.3, 0.4) is 0 Å². The van der Waals surface area contributed by atoms with Crippen LogP contribution in [0.1, 0.15) is 16.1 Å². The summed E-state index contributed by atoms with van der Waals surface area (Å²) < 4.78 is 18.6. The van der Waals surface area contributed by atoms with Crippen molar-refractivity contribution in [3.63, 3.8) is 0 Å². The van der Waals surface area contributed by atoms with Crippen molar-refractivity contribution < 1.29 is 18.8 Å². The van der Waals surface area contributed by atoms with Crippen molar-refractivity contribution in [3.05, 3.63) is 40.3 Å². The highest BCUT2D eigenvalue weighted by Gasteiger charge is 2.21. The number of carboxylic acid groups (broad SMARTS) is 1. The second kappa shape index (κ2) is 4.18. The lowest BCUT2D eigenvalue weighted by Crippen LogP contribution is -1.98. The van der Waals surface area contributed by atoms with Gasteiger partial charge in [0.1, 0.15) is 0 Å². The normalized spacial score (nSPS) is 10.5. The molecule has 0 fully saturated rings. The summed E-state index contributed by atoms with van der Waals surface area (Å²) in [6.45, 7) is 1.50. The molecule has 0 unspecified atom stereocenters. The molecule has 0 atom stereocenters. The van der Waals surface area contributed by atoms with Gasteiger partial charge < -0.3 is 9.63 Å². The highest BCUT2D eigenvalue weighted by Crippen LogP contribution is 2.31. The van der Waals surface area contributed by atoms with E-state index < -0.39 is 11.8 Å². The fourth-order valence-electron chi connectivity index (χ4n) is 1.47. The molecule has 4 nitrogen and oxygen atoms in total. The number of halogens is 2. The third kappa shape index (κ3) is 1.89. The van der Waals surface area contributed by atoms with E-state index in [1.807, 2.05) is 0 Å². The second-order valence-electron chi connectivity index (χ2n) is 3.39. The molecule has 0 aliphatic carbocycles. The zero-order chi connectivity index (χ0) is 12.6. The molecular weight excluding hydrogens is 249 g/mol. The Morgan fingerprint density at radius 1 is 1.53 bits per heavy atom. The van der Waals surface area contributed by atoms with Gasteiger partial charge >= 0.3 is 5.97 Å². The molecule has 0 aliphatic heterocycles. The van der Waals surface area contributed by atoms with Crippen LogP contribution < -0.4 is 0 Å². The average Bonchev–Trinajstić information content (AvgIpc) is 2.64. The van der Waals surface area contributed by atoms with E-state index in [0.29, 0.717) is 0 Å². The zero-order valence-electron chi connectivity index (χ0n) is 8.70. The summed E-state index contributed by atoms with van der Waals surface area (Å²) in [5.74, 6) is -1.81. The van der Waals surface area contributed by atoms with Crippen molar-refractivity contribution in [2.75, 3.05) is 0 Å². The molecule has 1 aromatic carbocycles.